The second kappa shape index (κ2) is 7.50. The van der Waals surface area contributed by atoms with Crippen LogP contribution in [0.25, 0.3) is 0 Å². The molecule has 7 fully saturated rings. The number of hydrogen-bond acceptors (Lipinski definition) is 5. The number of aliphatic hydroxyl groups excluding tert-OH is 2. The lowest BCUT2D eigenvalue weighted by molar-refractivity contribution is -0.182. The molecule has 6 nitrogen and oxygen atoms in total. The van der Waals surface area contributed by atoms with Gasteiger partial charge in [-0.05, 0) is 111 Å². The predicted molar refractivity (Wildman–Crippen MR) is 144 cm³/mol. The molecule has 12 atom stereocenters. The minimum absolute atomic E-state index is 0.0218. The van der Waals surface area contributed by atoms with Gasteiger partial charge < -0.3 is 19.7 Å². The Morgan fingerprint density at radius 2 is 1.63 bits per heavy atom. The molecule has 38 heavy (non-hydrogen) atoms. The highest BCUT2D eigenvalue weighted by Gasteiger charge is 2.84. The van der Waals surface area contributed by atoms with Crippen LogP contribution in [0.2, 0.25) is 0 Å². The van der Waals surface area contributed by atoms with E-state index in [2.05, 4.69) is 48.5 Å². The summed E-state index contributed by atoms with van der Waals surface area (Å²) in [5, 5.41) is 23.3. The number of amides is 1. The van der Waals surface area contributed by atoms with Crippen molar-refractivity contribution in [3.8, 4) is 0 Å². The highest BCUT2D eigenvalue weighted by Crippen LogP contribution is 2.89. The van der Waals surface area contributed by atoms with Crippen LogP contribution in [0.15, 0.2) is 0 Å². The number of carbonyl (C=O) groups excluding carboxylic acids is 1. The molecule has 5 aliphatic carbocycles. The zero-order chi connectivity index (χ0) is 27.3. The quantitative estimate of drug-likeness (QED) is 0.501. The first kappa shape index (κ1) is 26.1. The molecule has 0 aromatic carbocycles. The van der Waals surface area contributed by atoms with E-state index < -0.39 is 6.10 Å². The number of nitrogens with zero attached hydrogens (tertiary/aromatic N) is 1. The maximum atomic E-state index is 12.5. The third-order valence-corrected chi connectivity index (χ3v) is 14.7. The summed E-state index contributed by atoms with van der Waals surface area (Å²) in [5.74, 6) is 1.88. The molecule has 2 N–H and O–H groups in total. The molecule has 2 heterocycles. The number of aliphatic hydroxyl groups is 2. The SMILES string of the molecule is C[C@@H]1CC(CN2C(=O)OCC2(C)C)OC2[C@H]1[C@@]1(C)CCC34CC35CC[C@H](O)C(C)(C)[C@@H]5CCC4[C@]1(C)[C@H]2O. The molecular formula is C32H51NO5. The first-order valence-corrected chi connectivity index (χ1v) is 15.6. The van der Waals surface area contributed by atoms with Crippen LogP contribution in [0.4, 0.5) is 4.79 Å². The van der Waals surface area contributed by atoms with Crippen molar-refractivity contribution >= 4 is 6.09 Å². The molecule has 1 amide bonds. The van der Waals surface area contributed by atoms with E-state index in [1.165, 1.54) is 25.7 Å². The van der Waals surface area contributed by atoms with E-state index >= 15 is 0 Å². The molecule has 5 unspecified atom stereocenters. The Labute approximate surface area is 229 Å². The average molecular weight is 530 g/mol. The fourth-order valence-electron chi connectivity index (χ4n) is 12.7. The minimum atomic E-state index is -0.486. The summed E-state index contributed by atoms with van der Waals surface area (Å²) in [6.45, 7) is 17.0. The van der Waals surface area contributed by atoms with Crippen LogP contribution in [0.3, 0.4) is 0 Å². The van der Waals surface area contributed by atoms with Gasteiger partial charge in [-0.25, -0.2) is 4.79 Å². The van der Waals surface area contributed by atoms with E-state index in [0.29, 0.717) is 47.7 Å². The molecule has 0 bridgehead atoms. The second-order valence-corrected chi connectivity index (χ2v) is 16.6. The summed E-state index contributed by atoms with van der Waals surface area (Å²) in [4.78, 5) is 14.3. The smallest absolute Gasteiger partial charge is 0.410 e. The molecule has 2 aliphatic heterocycles. The first-order chi connectivity index (χ1) is 17.7. The molecule has 0 radical (unpaired) electrons. The van der Waals surface area contributed by atoms with Gasteiger partial charge in [0.05, 0.1) is 36.5 Å². The molecule has 7 aliphatic rings. The van der Waals surface area contributed by atoms with Crippen molar-refractivity contribution in [2.75, 3.05) is 13.2 Å². The average Bonchev–Trinajstić information content (AvgIpc) is 3.40. The lowest BCUT2D eigenvalue weighted by atomic mass is 9.41. The van der Waals surface area contributed by atoms with Crippen LogP contribution in [-0.2, 0) is 9.47 Å². The van der Waals surface area contributed by atoms with Crippen LogP contribution >= 0.6 is 0 Å². The van der Waals surface area contributed by atoms with Gasteiger partial charge in [0.15, 0.2) is 0 Å². The first-order valence-electron chi connectivity index (χ1n) is 15.6. The van der Waals surface area contributed by atoms with E-state index in [9.17, 15) is 15.0 Å². The Morgan fingerprint density at radius 1 is 0.947 bits per heavy atom. The van der Waals surface area contributed by atoms with Gasteiger partial charge in [-0.3, -0.25) is 4.90 Å². The number of ether oxygens (including phenoxy) is 2. The Bertz CT molecular complexity index is 1040. The highest BCUT2D eigenvalue weighted by molar-refractivity contribution is 5.71. The molecule has 7 rings (SSSR count). The van der Waals surface area contributed by atoms with E-state index in [4.69, 9.17) is 9.47 Å². The Morgan fingerprint density at radius 3 is 2.32 bits per heavy atom. The predicted octanol–water partition coefficient (Wildman–Crippen LogP) is 5.39. The maximum Gasteiger partial charge on any atom is 0.410 e. The number of fused-ring (bicyclic) bond motifs is 4. The molecule has 2 spiro atoms. The van der Waals surface area contributed by atoms with Crippen LogP contribution < -0.4 is 0 Å². The van der Waals surface area contributed by atoms with Crippen molar-refractivity contribution in [2.24, 2.45) is 50.7 Å². The monoisotopic (exact) mass is 529 g/mol. The van der Waals surface area contributed by atoms with Crippen molar-refractivity contribution in [1.82, 2.24) is 4.90 Å². The van der Waals surface area contributed by atoms with Crippen molar-refractivity contribution in [1.29, 1.82) is 0 Å². The largest absolute Gasteiger partial charge is 0.447 e. The van der Waals surface area contributed by atoms with Crippen LogP contribution in [0.5, 0.6) is 0 Å². The topological polar surface area (TPSA) is 79.2 Å². The van der Waals surface area contributed by atoms with E-state index in [1.54, 1.807) is 0 Å². The summed E-state index contributed by atoms with van der Waals surface area (Å²) < 4.78 is 12.2. The summed E-state index contributed by atoms with van der Waals surface area (Å²) in [5.41, 5.74) is 0.197. The zero-order valence-corrected chi connectivity index (χ0v) is 24.8. The van der Waals surface area contributed by atoms with Crippen molar-refractivity contribution < 1.29 is 24.5 Å². The van der Waals surface area contributed by atoms with Crippen LogP contribution in [-0.4, -0.2) is 64.3 Å². The third-order valence-electron chi connectivity index (χ3n) is 14.7. The molecule has 5 saturated carbocycles. The van der Waals surface area contributed by atoms with Gasteiger partial charge in [-0.15, -0.1) is 0 Å². The second-order valence-electron chi connectivity index (χ2n) is 16.6. The maximum absolute atomic E-state index is 12.5. The van der Waals surface area contributed by atoms with Gasteiger partial charge in [0.2, 0.25) is 0 Å². The normalized spacial score (nSPS) is 57.7. The number of carbonyl (C=O) groups is 1. The fraction of sp³-hybridized carbons (Fsp3) is 0.969. The minimum Gasteiger partial charge on any atom is -0.447 e. The molecule has 2 saturated heterocycles. The Kier molecular flexibility index (Phi) is 5.15. The lowest BCUT2D eigenvalue weighted by Gasteiger charge is -2.63. The Hall–Kier alpha value is -0.850. The highest BCUT2D eigenvalue weighted by atomic mass is 16.6. The zero-order valence-electron chi connectivity index (χ0n) is 24.8. The summed E-state index contributed by atoms with van der Waals surface area (Å²) >= 11 is 0. The van der Waals surface area contributed by atoms with Crippen molar-refractivity contribution in [3.05, 3.63) is 0 Å². The number of rotatable bonds is 2. The number of hydrogen-bond donors (Lipinski definition) is 2. The van der Waals surface area contributed by atoms with Gasteiger partial charge in [-0.2, -0.15) is 0 Å². The standard InChI is InChI=1S/C32H51NO5/c1-18-14-19(15-33-26(36)37-17-27(33,2)3)38-24-23(18)29(6)12-13-32-16-31(32)11-10-22(34)28(4,5)20(31)8-9-21(32)30(29,7)25(24)35/h18-25,34-35H,8-17H2,1-7H3/t18-,19?,20+,21?,22+,23+,24?,25+,29-,30-,31?,32?/m1/s1. The lowest BCUT2D eigenvalue weighted by Crippen LogP contribution is -2.59. The van der Waals surface area contributed by atoms with Crippen molar-refractivity contribution in [3.63, 3.8) is 0 Å². The van der Waals surface area contributed by atoms with Gasteiger partial charge in [0.1, 0.15) is 6.61 Å². The summed E-state index contributed by atoms with van der Waals surface area (Å²) in [6, 6.07) is 0. The van der Waals surface area contributed by atoms with Gasteiger partial charge in [-0.1, -0.05) is 34.6 Å². The summed E-state index contributed by atoms with van der Waals surface area (Å²) in [6.07, 6.45) is 7.91. The van der Waals surface area contributed by atoms with Crippen LogP contribution in [0.1, 0.15) is 99.8 Å². The molecule has 0 aromatic rings. The van der Waals surface area contributed by atoms with Gasteiger partial charge in [0.25, 0.3) is 0 Å². The molecule has 214 valence electrons. The van der Waals surface area contributed by atoms with E-state index in [0.717, 1.165) is 25.7 Å². The summed E-state index contributed by atoms with van der Waals surface area (Å²) in [7, 11) is 0. The fourth-order valence-corrected chi connectivity index (χ4v) is 12.7. The van der Waals surface area contributed by atoms with Gasteiger partial charge >= 0.3 is 6.09 Å². The van der Waals surface area contributed by atoms with Crippen molar-refractivity contribution in [2.45, 2.75) is 130 Å². The van der Waals surface area contributed by atoms with E-state index in [-0.39, 0.29) is 46.2 Å². The Balaban J connectivity index is 1.20. The number of cyclic esters (lactones) is 1. The third kappa shape index (κ3) is 2.79. The van der Waals surface area contributed by atoms with Crippen LogP contribution in [0, 0.1) is 50.7 Å². The molecule has 0 aromatic heterocycles. The van der Waals surface area contributed by atoms with Gasteiger partial charge in [0, 0.05) is 5.41 Å². The molecule has 6 heteroatoms. The van der Waals surface area contributed by atoms with E-state index in [1.807, 2.05) is 4.90 Å². The molecular weight excluding hydrogens is 478 g/mol.